The molecule has 14 aromatic rings. The van der Waals surface area contributed by atoms with Gasteiger partial charge in [-0.3, -0.25) is 0 Å². The summed E-state index contributed by atoms with van der Waals surface area (Å²) < 4.78 is 15.6. The third kappa shape index (κ3) is 5.17. The molecule has 0 saturated carbocycles. The summed E-state index contributed by atoms with van der Waals surface area (Å²) in [5.41, 5.74) is 17.2. The molecular weight excluding hydrogens is 781 g/mol. The monoisotopic (exact) mass is 816 g/mol. The Morgan fingerprint density at radius 1 is 0.297 bits per heavy atom. The maximum Gasteiger partial charge on any atom is 0.143 e. The molecule has 298 valence electrons. The van der Waals surface area contributed by atoms with Crippen molar-refractivity contribution in [2.45, 2.75) is 0 Å². The molecule has 0 aliphatic rings. The van der Waals surface area contributed by atoms with Gasteiger partial charge in [-0.1, -0.05) is 140 Å². The number of nitrogens with zero attached hydrogens (tertiary/aromatic N) is 2. The zero-order chi connectivity index (χ0) is 41.9. The second-order valence-corrected chi connectivity index (χ2v) is 16.9. The molecule has 64 heavy (non-hydrogen) atoms. The van der Waals surface area contributed by atoms with Crippen LogP contribution in [0.15, 0.2) is 227 Å². The standard InChI is InChI=1S/C60H36N2O2/c1-2-10-37(11-3-1)38-20-26-42(27-21-38)61(43-28-22-39(23-29-43)45-14-8-17-52-47-13-5-7-19-56(47)64-60(45)52)44-30-32-49-48-31-24-41(35-57(48)63-58(49)36-44)40-25-33-55-53(34-40)51-16-9-15-50-46-12-4-6-18-54(46)62(55)59(50)51/h1-36H. The average molecular weight is 817 g/mol. The quantitative estimate of drug-likeness (QED) is 0.168. The smallest absolute Gasteiger partial charge is 0.143 e. The highest BCUT2D eigenvalue weighted by Gasteiger charge is 2.20. The van der Waals surface area contributed by atoms with Crippen LogP contribution < -0.4 is 4.90 Å². The predicted octanol–water partition coefficient (Wildman–Crippen LogP) is 17.1. The van der Waals surface area contributed by atoms with Gasteiger partial charge in [-0.05, 0) is 101 Å². The van der Waals surface area contributed by atoms with Crippen LogP contribution in [-0.2, 0) is 0 Å². The highest BCUT2D eigenvalue weighted by atomic mass is 16.3. The molecule has 0 bridgehead atoms. The van der Waals surface area contributed by atoms with Gasteiger partial charge in [0.2, 0.25) is 0 Å². The summed E-state index contributed by atoms with van der Waals surface area (Å²) in [5, 5.41) is 9.57. The molecule has 0 atom stereocenters. The van der Waals surface area contributed by atoms with Crippen LogP contribution in [0.4, 0.5) is 17.1 Å². The Morgan fingerprint density at radius 3 is 1.67 bits per heavy atom. The van der Waals surface area contributed by atoms with Crippen LogP contribution in [0.1, 0.15) is 0 Å². The first-order chi connectivity index (χ1) is 31.7. The highest BCUT2D eigenvalue weighted by molar-refractivity contribution is 6.23. The molecule has 4 nitrogen and oxygen atoms in total. The number of rotatable bonds is 6. The third-order valence-corrected chi connectivity index (χ3v) is 13.3. The van der Waals surface area contributed by atoms with Crippen LogP contribution >= 0.6 is 0 Å². The van der Waals surface area contributed by atoms with Crippen molar-refractivity contribution in [1.29, 1.82) is 0 Å². The molecule has 4 heterocycles. The fraction of sp³-hybridized carbons (Fsp3) is 0. The second-order valence-electron chi connectivity index (χ2n) is 16.9. The molecule has 0 aliphatic heterocycles. The van der Waals surface area contributed by atoms with Gasteiger partial charge in [0.1, 0.15) is 22.3 Å². The Labute approximate surface area is 367 Å². The van der Waals surface area contributed by atoms with E-state index in [0.717, 1.165) is 77.6 Å². The summed E-state index contributed by atoms with van der Waals surface area (Å²) in [6.07, 6.45) is 0. The van der Waals surface area contributed by atoms with Crippen LogP contribution in [0.5, 0.6) is 0 Å². The largest absolute Gasteiger partial charge is 0.456 e. The normalized spacial score (nSPS) is 12.1. The van der Waals surface area contributed by atoms with Crippen LogP contribution in [0.2, 0.25) is 0 Å². The summed E-state index contributed by atoms with van der Waals surface area (Å²) in [7, 11) is 0. The summed E-state index contributed by atoms with van der Waals surface area (Å²) in [6, 6.07) is 78.3. The maximum atomic E-state index is 6.78. The molecule has 0 fully saturated rings. The first kappa shape index (κ1) is 35.0. The molecule has 4 heteroatoms. The van der Waals surface area contributed by atoms with Gasteiger partial charge in [0.05, 0.1) is 16.6 Å². The SMILES string of the molecule is c1ccc(-c2ccc(N(c3ccc(-c4cccc5c4oc4ccccc45)cc3)c3ccc4c(c3)oc3cc(-c5ccc6c(c5)c5cccc7c8ccccc8n6c75)ccc34)cc2)cc1. The number of para-hydroxylation sites is 4. The molecule has 4 aromatic heterocycles. The second kappa shape index (κ2) is 13.4. The van der Waals surface area contributed by atoms with Crippen LogP contribution in [0.3, 0.4) is 0 Å². The van der Waals surface area contributed by atoms with Crippen molar-refractivity contribution in [2.75, 3.05) is 4.90 Å². The van der Waals surface area contributed by atoms with E-state index in [9.17, 15) is 0 Å². The molecule has 14 rings (SSSR count). The van der Waals surface area contributed by atoms with E-state index in [2.05, 4.69) is 216 Å². The Hall–Kier alpha value is -8.60. The fourth-order valence-corrected chi connectivity index (χ4v) is 10.3. The van der Waals surface area contributed by atoms with Crippen molar-refractivity contribution in [2.24, 2.45) is 0 Å². The van der Waals surface area contributed by atoms with E-state index < -0.39 is 0 Å². The minimum absolute atomic E-state index is 0.843. The zero-order valence-electron chi connectivity index (χ0n) is 34.5. The number of hydrogen-bond donors (Lipinski definition) is 0. The summed E-state index contributed by atoms with van der Waals surface area (Å²) >= 11 is 0. The van der Waals surface area contributed by atoms with Gasteiger partial charge in [-0.2, -0.15) is 0 Å². The first-order valence-corrected chi connectivity index (χ1v) is 21.8. The van der Waals surface area contributed by atoms with Crippen molar-refractivity contribution in [1.82, 2.24) is 4.40 Å². The number of aromatic nitrogens is 1. The summed E-state index contributed by atoms with van der Waals surface area (Å²) in [4.78, 5) is 2.31. The van der Waals surface area contributed by atoms with Gasteiger partial charge in [0, 0.05) is 71.8 Å². The van der Waals surface area contributed by atoms with Gasteiger partial charge in [0.25, 0.3) is 0 Å². The molecule has 0 saturated heterocycles. The third-order valence-electron chi connectivity index (χ3n) is 13.3. The Kier molecular flexibility index (Phi) is 7.36. The van der Waals surface area contributed by atoms with E-state index in [0.29, 0.717) is 0 Å². The van der Waals surface area contributed by atoms with Gasteiger partial charge < -0.3 is 18.1 Å². The lowest BCUT2D eigenvalue weighted by atomic mass is 10.0. The first-order valence-electron chi connectivity index (χ1n) is 21.8. The fourth-order valence-electron chi connectivity index (χ4n) is 10.3. The predicted molar refractivity (Wildman–Crippen MR) is 267 cm³/mol. The van der Waals surface area contributed by atoms with Gasteiger partial charge >= 0.3 is 0 Å². The highest BCUT2D eigenvalue weighted by Crippen LogP contribution is 2.44. The van der Waals surface area contributed by atoms with Crippen LogP contribution in [0.25, 0.3) is 115 Å². The Morgan fingerprint density at radius 2 is 0.844 bits per heavy atom. The van der Waals surface area contributed by atoms with E-state index in [1.165, 1.54) is 54.8 Å². The summed E-state index contributed by atoms with van der Waals surface area (Å²) in [6.45, 7) is 0. The Bertz CT molecular complexity index is 4120. The van der Waals surface area contributed by atoms with E-state index >= 15 is 0 Å². The van der Waals surface area contributed by atoms with Crippen molar-refractivity contribution < 1.29 is 8.83 Å². The molecule has 0 amide bonds. The van der Waals surface area contributed by atoms with Crippen molar-refractivity contribution in [3.05, 3.63) is 218 Å². The lowest BCUT2D eigenvalue weighted by molar-refractivity contribution is 0.669. The minimum Gasteiger partial charge on any atom is -0.456 e. The number of fused-ring (bicyclic) bond motifs is 12. The van der Waals surface area contributed by atoms with Crippen molar-refractivity contribution in [3.8, 4) is 33.4 Å². The van der Waals surface area contributed by atoms with Gasteiger partial charge in [0.15, 0.2) is 0 Å². The molecule has 0 radical (unpaired) electrons. The minimum atomic E-state index is 0.843. The molecular formula is C60H36N2O2. The topological polar surface area (TPSA) is 33.9 Å². The van der Waals surface area contributed by atoms with Crippen LogP contribution in [0, 0.1) is 0 Å². The zero-order valence-corrected chi connectivity index (χ0v) is 34.5. The number of furan rings is 2. The lowest BCUT2D eigenvalue weighted by Gasteiger charge is -2.26. The van der Waals surface area contributed by atoms with Crippen molar-refractivity contribution >= 4 is 99.0 Å². The molecule has 10 aromatic carbocycles. The Balaban J connectivity index is 0.863. The molecule has 0 unspecified atom stereocenters. The molecule has 0 spiro atoms. The number of benzene rings is 10. The van der Waals surface area contributed by atoms with Crippen LogP contribution in [-0.4, -0.2) is 4.40 Å². The van der Waals surface area contributed by atoms with E-state index in [-0.39, 0.29) is 0 Å². The maximum absolute atomic E-state index is 6.78. The average Bonchev–Trinajstić information content (AvgIpc) is 4.11. The van der Waals surface area contributed by atoms with Gasteiger partial charge in [-0.15, -0.1) is 0 Å². The number of hydrogen-bond acceptors (Lipinski definition) is 3. The van der Waals surface area contributed by atoms with E-state index in [4.69, 9.17) is 8.83 Å². The summed E-state index contributed by atoms with van der Waals surface area (Å²) in [5.74, 6) is 0. The lowest BCUT2D eigenvalue weighted by Crippen LogP contribution is -2.09. The molecule has 0 N–H and O–H groups in total. The molecule has 0 aliphatic carbocycles. The van der Waals surface area contributed by atoms with E-state index in [1.54, 1.807) is 0 Å². The van der Waals surface area contributed by atoms with E-state index in [1.807, 2.05) is 12.1 Å². The van der Waals surface area contributed by atoms with Gasteiger partial charge in [-0.25, -0.2) is 0 Å². The van der Waals surface area contributed by atoms with Crippen molar-refractivity contribution in [3.63, 3.8) is 0 Å². The number of anilines is 3.